The lowest BCUT2D eigenvalue weighted by Crippen LogP contribution is -2.32. The van der Waals surface area contributed by atoms with Crippen LogP contribution in [-0.4, -0.2) is 26.7 Å². The Morgan fingerprint density at radius 2 is 1.53 bits per heavy atom. The Kier molecular flexibility index (Phi) is 7.56. The van der Waals surface area contributed by atoms with Gasteiger partial charge in [-0.1, -0.05) is 66.7 Å². The van der Waals surface area contributed by atoms with Gasteiger partial charge < -0.3 is 5.32 Å². The van der Waals surface area contributed by atoms with Crippen LogP contribution in [0.15, 0.2) is 83.8 Å². The summed E-state index contributed by atoms with van der Waals surface area (Å²) < 4.78 is 27.3. The smallest absolute Gasteiger partial charge is 0.240 e. The van der Waals surface area contributed by atoms with Crippen molar-refractivity contribution >= 4 is 21.7 Å². The highest BCUT2D eigenvalue weighted by molar-refractivity contribution is 7.89. The van der Waals surface area contributed by atoms with Gasteiger partial charge in [0.15, 0.2) is 5.78 Å². The molecule has 7 heteroatoms. The van der Waals surface area contributed by atoms with E-state index in [4.69, 9.17) is 0 Å². The molecule has 2 N–H and O–H groups in total. The number of hydrogen-bond donors (Lipinski definition) is 2. The molecule has 0 aliphatic heterocycles. The van der Waals surface area contributed by atoms with Crippen LogP contribution in [0.4, 0.5) is 0 Å². The third-order valence-electron chi connectivity index (χ3n) is 5.09. The Hall–Kier alpha value is -3.29. The molecule has 32 heavy (non-hydrogen) atoms. The molecule has 1 amide bonds. The second-order valence-electron chi connectivity index (χ2n) is 7.51. The zero-order valence-corrected chi connectivity index (χ0v) is 18.9. The zero-order valence-electron chi connectivity index (χ0n) is 18.0. The Labute approximate surface area is 188 Å². The topological polar surface area (TPSA) is 92.3 Å². The van der Waals surface area contributed by atoms with Crippen molar-refractivity contribution in [2.45, 2.75) is 31.2 Å². The van der Waals surface area contributed by atoms with Crippen molar-refractivity contribution in [1.82, 2.24) is 10.0 Å². The monoisotopic (exact) mass is 450 g/mol. The fraction of sp³-hybridized carbons (Fsp3) is 0.200. The number of benzene rings is 3. The average Bonchev–Trinajstić information content (AvgIpc) is 2.79. The summed E-state index contributed by atoms with van der Waals surface area (Å²) >= 11 is 0. The predicted octanol–water partition coefficient (Wildman–Crippen LogP) is 4.10. The van der Waals surface area contributed by atoms with Crippen molar-refractivity contribution in [3.63, 3.8) is 0 Å². The average molecular weight is 451 g/mol. The van der Waals surface area contributed by atoms with E-state index in [9.17, 15) is 18.0 Å². The SMILES string of the molecule is CC(=O)c1cccc(S(=O)(=O)NCCC(=O)N[C@@H](C)c2ccc(-c3ccccc3)cc2)c1. The number of hydrogen-bond acceptors (Lipinski definition) is 4. The van der Waals surface area contributed by atoms with Gasteiger partial charge in [-0.3, -0.25) is 9.59 Å². The number of rotatable bonds is 9. The van der Waals surface area contributed by atoms with E-state index in [-0.39, 0.29) is 35.6 Å². The molecular weight excluding hydrogens is 424 g/mol. The van der Waals surface area contributed by atoms with Gasteiger partial charge in [-0.05, 0) is 42.7 Å². The van der Waals surface area contributed by atoms with Crippen molar-refractivity contribution in [3.8, 4) is 11.1 Å². The van der Waals surface area contributed by atoms with Gasteiger partial charge in [-0.25, -0.2) is 13.1 Å². The fourth-order valence-electron chi connectivity index (χ4n) is 3.26. The first-order valence-corrected chi connectivity index (χ1v) is 11.8. The van der Waals surface area contributed by atoms with Crippen molar-refractivity contribution in [3.05, 3.63) is 90.0 Å². The second-order valence-corrected chi connectivity index (χ2v) is 9.28. The summed E-state index contributed by atoms with van der Waals surface area (Å²) in [7, 11) is -3.81. The summed E-state index contributed by atoms with van der Waals surface area (Å²) in [6, 6.07) is 23.6. The maximum absolute atomic E-state index is 12.4. The number of amides is 1. The van der Waals surface area contributed by atoms with E-state index in [1.165, 1.54) is 25.1 Å². The quantitative estimate of drug-likeness (QED) is 0.480. The molecule has 0 saturated heterocycles. The number of carbonyl (C=O) groups excluding carboxylic acids is 2. The van der Waals surface area contributed by atoms with Crippen LogP contribution in [0.25, 0.3) is 11.1 Å². The van der Waals surface area contributed by atoms with Gasteiger partial charge in [0, 0.05) is 18.5 Å². The number of carbonyl (C=O) groups is 2. The number of ketones is 1. The van der Waals surface area contributed by atoms with E-state index in [0.717, 1.165) is 16.7 Å². The zero-order chi connectivity index (χ0) is 23.1. The van der Waals surface area contributed by atoms with E-state index in [2.05, 4.69) is 10.0 Å². The molecule has 3 aromatic rings. The van der Waals surface area contributed by atoms with Gasteiger partial charge in [0.25, 0.3) is 0 Å². The van der Waals surface area contributed by atoms with Gasteiger partial charge in [-0.2, -0.15) is 0 Å². The Morgan fingerprint density at radius 1 is 0.875 bits per heavy atom. The molecule has 0 bridgehead atoms. The van der Waals surface area contributed by atoms with Crippen LogP contribution in [0.5, 0.6) is 0 Å². The number of nitrogens with one attached hydrogen (secondary N) is 2. The lowest BCUT2D eigenvalue weighted by atomic mass is 10.0. The number of sulfonamides is 1. The molecule has 3 aromatic carbocycles. The Balaban J connectivity index is 1.52. The maximum Gasteiger partial charge on any atom is 0.240 e. The minimum absolute atomic E-state index is 0.00192. The van der Waals surface area contributed by atoms with Gasteiger partial charge >= 0.3 is 0 Å². The van der Waals surface area contributed by atoms with Gasteiger partial charge in [0.2, 0.25) is 15.9 Å². The van der Waals surface area contributed by atoms with E-state index in [1.54, 1.807) is 6.07 Å². The first-order valence-electron chi connectivity index (χ1n) is 10.3. The van der Waals surface area contributed by atoms with Crippen LogP contribution in [0.3, 0.4) is 0 Å². The van der Waals surface area contributed by atoms with Crippen LogP contribution in [-0.2, 0) is 14.8 Å². The standard InChI is InChI=1S/C25H26N2O4S/c1-18(20-11-13-22(14-12-20)21-7-4-3-5-8-21)27-25(29)15-16-26-32(30,31)24-10-6-9-23(17-24)19(2)28/h3-14,17-18,26H,15-16H2,1-2H3,(H,27,29)/t18-/m0/s1. The van der Waals surface area contributed by atoms with Gasteiger partial charge in [-0.15, -0.1) is 0 Å². The summed E-state index contributed by atoms with van der Waals surface area (Å²) in [5.74, 6) is -0.475. The Morgan fingerprint density at radius 3 is 2.19 bits per heavy atom. The lowest BCUT2D eigenvalue weighted by Gasteiger charge is -2.15. The molecule has 0 heterocycles. The van der Waals surface area contributed by atoms with Crippen LogP contribution in [0.2, 0.25) is 0 Å². The highest BCUT2D eigenvalue weighted by Gasteiger charge is 2.16. The van der Waals surface area contributed by atoms with Gasteiger partial charge in [0.1, 0.15) is 0 Å². The molecule has 0 spiro atoms. The van der Waals surface area contributed by atoms with Crippen molar-refractivity contribution in [2.75, 3.05) is 6.54 Å². The highest BCUT2D eigenvalue weighted by atomic mass is 32.2. The second kappa shape index (κ2) is 10.3. The number of Topliss-reactive ketones (excluding diaryl/α,β-unsaturated/α-hetero) is 1. The summed E-state index contributed by atoms with van der Waals surface area (Å²) in [4.78, 5) is 23.8. The minimum Gasteiger partial charge on any atom is -0.350 e. The van der Waals surface area contributed by atoms with Crippen LogP contribution < -0.4 is 10.0 Å². The van der Waals surface area contributed by atoms with E-state index < -0.39 is 10.0 Å². The third kappa shape index (κ3) is 6.12. The third-order valence-corrected chi connectivity index (χ3v) is 6.55. The molecule has 0 unspecified atom stereocenters. The molecule has 0 aromatic heterocycles. The van der Waals surface area contributed by atoms with Crippen LogP contribution in [0.1, 0.15) is 42.2 Å². The Bertz CT molecular complexity index is 1190. The van der Waals surface area contributed by atoms with E-state index in [0.29, 0.717) is 5.56 Å². The molecular formula is C25H26N2O4S. The first kappa shape index (κ1) is 23.4. The normalized spacial score (nSPS) is 12.2. The molecule has 0 aliphatic rings. The molecule has 0 aliphatic carbocycles. The van der Waals surface area contributed by atoms with Gasteiger partial charge in [0.05, 0.1) is 10.9 Å². The van der Waals surface area contributed by atoms with Crippen LogP contribution >= 0.6 is 0 Å². The largest absolute Gasteiger partial charge is 0.350 e. The highest BCUT2D eigenvalue weighted by Crippen LogP contribution is 2.21. The van der Waals surface area contributed by atoms with E-state index in [1.807, 2.05) is 61.5 Å². The first-order chi connectivity index (χ1) is 15.3. The van der Waals surface area contributed by atoms with Crippen LogP contribution in [0, 0.1) is 0 Å². The molecule has 6 nitrogen and oxygen atoms in total. The molecule has 0 fully saturated rings. The lowest BCUT2D eigenvalue weighted by molar-refractivity contribution is -0.121. The minimum atomic E-state index is -3.81. The molecule has 0 radical (unpaired) electrons. The molecule has 0 saturated carbocycles. The molecule has 166 valence electrons. The maximum atomic E-state index is 12.4. The predicted molar refractivity (Wildman–Crippen MR) is 125 cm³/mol. The van der Waals surface area contributed by atoms with Crippen molar-refractivity contribution < 1.29 is 18.0 Å². The summed E-state index contributed by atoms with van der Waals surface area (Å²) in [5, 5.41) is 2.89. The molecule has 1 atom stereocenters. The summed E-state index contributed by atoms with van der Waals surface area (Å²) in [6.45, 7) is 3.21. The van der Waals surface area contributed by atoms with E-state index >= 15 is 0 Å². The van der Waals surface area contributed by atoms with Crippen molar-refractivity contribution in [2.24, 2.45) is 0 Å². The fourth-order valence-corrected chi connectivity index (χ4v) is 4.33. The van der Waals surface area contributed by atoms with Crippen molar-refractivity contribution in [1.29, 1.82) is 0 Å². The molecule has 3 rings (SSSR count). The summed E-state index contributed by atoms with van der Waals surface area (Å²) in [6.07, 6.45) is -0.00192. The summed E-state index contributed by atoms with van der Waals surface area (Å²) in [5.41, 5.74) is 3.49.